The minimum atomic E-state index is -1.28. The third kappa shape index (κ3) is 7.63. The Kier molecular flexibility index (Phi) is 7.11. The van der Waals surface area contributed by atoms with Crippen LogP contribution in [-0.2, 0) is 17.4 Å². The van der Waals surface area contributed by atoms with Gasteiger partial charge in [0.05, 0.1) is 0 Å². The minimum absolute atomic E-state index is 0.881. The van der Waals surface area contributed by atoms with Crippen LogP contribution in [-0.4, -0.2) is 6.61 Å². The fourth-order valence-corrected chi connectivity index (χ4v) is 2.07. The summed E-state index contributed by atoms with van der Waals surface area (Å²) in [6.45, 7) is 2.98. The number of rotatable bonds is 3. The van der Waals surface area contributed by atoms with E-state index >= 15 is 0 Å². The Hall–Kier alpha value is 1.63. The molecule has 0 amide bonds. The van der Waals surface area contributed by atoms with Crippen molar-refractivity contribution in [2.45, 2.75) is 13.3 Å². The summed E-state index contributed by atoms with van der Waals surface area (Å²) in [5, 5.41) is 0. The monoisotopic (exact) mass is 265 g/mol. The molecule has 0 rings (SSSR count). The summed E-state index contributed by atoms with van der Waals surface area (Å²) >= 11 is 5.39. The molecule has 0 saturated heterocycles. The van der Waals surface area contributed by atoms with E-state index in [0.717, 1.165) is 13.0 Å². The molecule has 4 heteroatoms. The molecular formula is C3H7Br2OTi. The van der Waals surface area contributed by atoms with E-state index in [9.17, 15) is 0 Å². The molecule has 7 heavy (non-hydrogen) atoms. The first-order chi connectivity index (χ1) is 3.27. The molecule has 43 valence electrons. The molecule has 0 aromatic carbocycles. The van der Waals surface area contributed by atoms with Gasteiger partial charge in [0.2, 0.25) is 0 Å². The number of hydrogen-bond acceptors (Lipinski definition) is 1. The molecule has 0 radical (unpaired) electrons. The van der Waals surface area contributed by atoms with Crippen molar-refractivity contribution in [2.24, 2.45) is 0 Å². The van der Waals surface area contributed by atoms with E-state index < -0.39 is 14.1 Å². The summed E-state index contributed by atoms with van der Waals surface area (Å²) in [5.41, 5.74) is 0. The van der Waals surface area contributed by atoms with Crippen LogP contribution in [0.3, 0.4) is 0 Å². The van der Waals surface area contributed by atoms with Gasteiger partial charge >= 0.3 is 63.7 Å². The van der Waals surface area contributed by atoms with Crippen molar-refractivity contribution in [1.29, 1.82) is 0 Å². The van der Waals surface area contributed by atoms with Crippen LogP contribution in [0.2, 0.25) is 0 Å². The van der Waals surface area contributed by atoms with E-state index in [2.05, 4.69) is 33.2 Å². The molecule has 0 aliphatic rings. The summed E-state index contributed by atoms with van der Waals surface area (Å²) in [6.07, 6.45) is 1.10. The standard InChI is InChI=1S/C3H7O.2BrH.Ti/c1-2-3-4;;;/h2-3H2,1H3;2*1H;/q-1;;;+3/p-2. The third-order valence-corrected chi connectivity index (χ3v) is 2.96. The average molecular weight is 267 g/mol. The normalized spacial score (nSPS) is 9.00. The summed E-state index contributed by atoms with van der Waals surface area (Å²) in [4.78, 5) is 0. The van der Waals surface area contributed by atoms with Gasteiger partial charge in [0.1, 0.15) is 0 Å². The van der Waals surface area contributed by atoms with Gasteiger partial charge in [-0.15, -0.1) is 0 Å². The first-order valence-electron chi connectivity index (χ1n) is 2.08. The SMILES string of the molecule is CCC[O][Ti]([Br])[Br]. The van der Waals surface area contributed by atoms with Gasteiger partial charge in [-0.05, 0) is 0 Å². The zero-order chi connectivity index (χ0) is 5.70. The van der Waals surface area contributed by atoms with Crippen molar-refractivity contribution in [2.75, 3.05) is 6.61 Å². The van der Waals surface area contributed by atoms with Crippen LogP contribution in [0, 0.1) is 0 Å². The van der Waals surface area contributed by atoms with Crippen molar-refractivity contribution >= 4 is 26.3 Å². The fourth-order valence-electron chi connectivity index (χ4n) is 0.179. The molecule has 0 aliphatic carbocycles. The Labute approximate surface area is 63.2 Å². The van der Waals surface area contributed by atoms with E-state index in [4.69, 9.17) is 3.32 Å². The molecule has 0 atom stereocenters. The third-order valence-electron chi connectivity index (χ3n) is 0.415. The van der Waals surface area contributed by atoms with E-state index in [1.807, 2.05) is 0 Å². The number of halogens is 2. The molecule has 0 unspecified atom stereocenters. The van der Waals surface area contributed by atoms with Gasteiger partial charge in [-0.1, -0.05) is 0 Å². The Morgan fingerprint density at radius 1 is 1.57 bits per heavy atom. The molecule has 0 bridgehead atoms. The average Bonchev–Trinajstić information content (AvgIpc) is 1.61. The molecule has 0 spiro atoms. The van der Waals surface area contributed by atoms with Crippen molar-refractivity contribution < 1.29 is 17.4 Å². The Morgan fingerprint density at radius 2 is 2.14 bits per heavy atom. The van der Waals surface area contributed by atoms with Crippen LogP contribution in [0.1, 0.15) is 13.3 Å². The van der Waals surface area contributed by atoms with E-state index in [0.29, 0.717) is 0 Å². The van der Waals surface area contributed by atoms with Crippen molar-refractivity contribution in [1.82, 2.24) is 0 Å². The second-order valence-electron chi connectivity index (χ2n) is 1.07. The summed E-state index contributed by atoms with van der Waals surface area (Å²) in [6, 6.07) is 0. The van der Waals surface area contributed by atoms with Gasteiger partial charge in [-0.25, -0.2) is 0 Å². The van der Waals surface area contributed by atoms with Crippen molar-refractivity contribution in [3.8, 4) is 0 Å². The molecule has 0 aliphatic heterocycles. The van der Waals surface area contributed by atoms with Crippen LogP contribution >= 0.6 is 26.3 Å². The second kappa shape index (κ2) is 5.77. The Bertz CT molecular complexity index is 41.9. The van der Waals surface area contributed by atoms with Crippen LogP contribution < -0.4 is 0 Å². The van der Waals surface area contributed by atoms with Crippen LogP contribution in [0.4, 0.5) is 0 Å². The zero-order valence-corrected chi connectivity index (χ0v) is 8.81. The van der Waals surface area contributed by atoms with E-state index in [1.165, 1.54) is 0 Å². The van der Waals surface area contributed by atoms with Crippen molar-refractivity contribution in [3.63, 3.8) is 0 Å². The maximum atomic E-state index is 5.19. The van der Waals surface area contributed by atoms with Gasteiger partial charge in [0.25, 0.3) is 0 Å². The topological polar surface area (TPSA) is 9.23 Å². The Morgan fingerprint density at radius 3 is 2.29 bits per heavy atom. The van der Waals surface area contributed by atoms with Gasteiger partial charge in [-0.2, -0.15) is 0 Å². The molecule has 0 N–H and O–H groups in total. The van der Waals surface area contributed by atoms with E-state index in [-0.39, 0.29) is 0 Å². The summed E-state index contributed by atoms with van der Waals surface area (Å²) in [5.74, 6) is 0. The quantitative estimate of drug-likeness (QED) is 0.714. The van der Waals surface area contributed by atoms with Gasteiger partial charge < -0.3 is 0 Å². The fraction of sp³-hybridized carbons (Fsp3) is 1.00. The molecular weight excluding hydrogens is 260 g/mol. The van der Waals surface area contributed by atoms with Gasteiger partial charge in [0.15, 0.2) is 0 Å². The molecule has 0 fully saturated rings. The molecule has 1 nitrogen and oxygen atoms in total. The van der Waals surface area contributed by atoms with Crippen molar-refractivity contribution in [3.05, 3.63) is 0 Å². The number of hydrogen-bond donors (Lipinski definition) is 0. The first kappa shape index (κ1) is 8.63. The van der Waals surface area contributed by atoms with E-state index in [1.54, 1.807) is 0 Å². The predicted octanol–water partition coefficient (Wildman–Crippen LogP) is 2.57. The molecule has 0 aromatic rings. The molecule has 0 saturated carbocycles. The summed E-state index contributed by atoms with van der Waals surface area (Å²) in [7, 11) is 0. The second-order valence-corrected chi connectivity index (χ2v) is 12.6. The molecule has 0 heterocycles. The predicted molar refractivity (Wildman–Crippen MR) is 34.1 cm³/mol. The first-order valence-corrected chi connectivity index (χ1v) is 10.4. The maximum absolute atomic E-state index is 5.19. The molecule has 0 aromatic heterocycles. The summed E-state index contributed by atoms with van der Waals surface area (Å²) < 4.78 is 5.19. The zero-order valence-electron chi connectivity index (χ0n) is 4.08. The van der Waals surface area contributed by atoms with Crippen LogP contribution in [0.5, 0.6) is 0 Å². The van der Waals surface area contributed by atoms with Gasteiger partial charge in [-0.3, -0.25) is 0 Å². The van der Waals surface area contributed by atoms with Gasteiger partial charge in [0, 0.05) is 0 Å². The Balaban J connectivity index is 2.68. The van der Waals surface area contributed by atoms with Crippen LogP contribution in [0.15, 0.2) is 0 Å². The van der Waals surface area contributed by atoms with Crippen LogP contribution in [0.25, 0.3) is 0 Å².